The summed E-state index contributed by atoms with van der Waals surface area (Å²) >= 11 is 0. The molecule has 1 aromatic rings. The van der Waals surface area contributed by atoms with Crippen LogP contribution in [0.2, 0.25) is 0 Å². The van der Waals surface area contributed by atoms with E-state index in [1.807, 2.05) is 37.3 Å². The highest BCUT2D eigenvalue weighted by Gasteiger charge is 2.47. The van der Waals surface area contributed by atoms with Gasteiger partial charge >= 0.3 is 0 Å². The Morgan fingerprint density at radius 2 is 1.92 bits per heavy atom. The molecule has 0 amide bonds. The van der Waals surface area contributed by atoms with Gasteiger partial charge in [0.15, 0.2) is 5.78 Å². The largest absolute Gasteiger partial charge is 0.389 e. The molecule has 1 N–H and O–H groups in total. The van der Waals surface area contributed by atoms with Crippen LogP contribution in [0.3, 0.4) is 0 Å². The molecular weight excluding hydrogens is 300 g/mol. The van der Waals surface area contributed by atoms with Crippen molar-refractivity contribution in [1.29, 1.82) is 0 Å². The molecule has 3 atom stereocenters. The summed E-state index contributed by atoms with van der Waals surface area (Å²) in [6.45, 7) is 6.90. The maximum atomic E-state index is 12.7. The van der Waals surface area contributed by atoms with Gasteiger partial charge in [-0.15, -0.1) is 0 Å². The van der Waals surface area contributed by atoms with Crippen LogP contribution in [0, 0.1) is 11.3 Å². The fraction of sp³-hybridized carbons (Fsp3) is 0.571. The highest BCUT2D eigenvalue weighted by molar-refractivity contribution is 5.84. The number of hydrogen-bond donors (Lipinski definition) is 1. The third-order valence-electron chi connectivity index (χ3n) is 5.96. The van der Waals surface area contributed by atoms with Crippen molar-refractivity contribution in [3.05, 3.63) is 47.0 Å². The quantitative estimate of drug-likeness (QED) is 0.852. The Labute approximate surface area is 144 Å². The zero-order valence-corrected chi connectivity index (χ0v) is 14.9. The monoisotopic (exact) mass is 328 g/mol. The predicted octanol–water partition coefficient (Wildman–Crippen LogP) is 4.05. The topological polar surface area (TPSA) is 46.5 Å². The van der Waals surface area contributed by atoms with E-state index in [0.29, 0.717) is 19.4 Å². The number of benzene rings is 1. The number of allylic oxidation sites excluding steroid dienone is 1. The molecule has 0 unspecified atom stereocenters. The van der Waals surface area contributed by atoms with Crippen LogP contribution in [0.15, 0.2) is 41.5 Å². The number of hydrogen-bond acceptors (Lipinski definition) is 3. The molecule has 130 valence electrons. The summed E-state index contributed by atoms with van der Waals surface area (Å²) in [4.78, 5) is 12.7. The second-order valence-electron chi connectivity index (χ2n) is 7.78. The molecule has 1 fully saturated rings. The van der Waals surface area contributed by atoms with Gasteiger partial charge < -0.3 is 9.84 Å². The van der Waals surface area contributed by atoms with Gasteiger partial charge in [-0.1, -0.05) is 49.8 Å². The maximum absolute atomic E-state index is 12.7. The summed E-state index contributed by atoms with van der Waals surface area (Å²) < 4.78 is 6.14. The minimum Gasteiger partial charge on any atom is -0.389 e. The molecule has 0 radical (unpaired) electrons. The first kappa shape index (κ1) is 17.4. The fourth-order valence-corrected chi connectivity index (χ4v) is 4.44. The van der Waals surface area contributed by atoms with Gasteiger partial charge in [-0.2, -0.15) is 0 Å². The Bertz CT molecular complexity index is 630. The van der Waals surface area contributed by atoms with Crippen LogP contribution in [0.5, 0.6) is 0 Å². The van der Waals surface area contributed by atoms with E-state index in [2.05, 4.69) is 13.8 Å². The van der Waals surface area contributed by atoms with Gasteiger partial charge in [0.05, 0.1) is 12.7 Å². The molecule has 2 aliphatic carbocycles. The lowest BCUT2D eigenvalue weighted by Gasteiger charge is -2.47. The van der Waals surface area contributed by atoms with Crippen LogP contribution >= 0.6 is 0 Å². The van der Waals surface area contributed by atoms with Crippen molar-refractivity contribution < 1.29 is 14.6 Å². The molecule has 0 spiro atoms. The average molecular weight is 328 g/mol. The molecule has 24 heavy (non-hydrogen) atoms. The molecular formula is C21H28O3. The molecule has 0 heterocycles. The lowest BCUT2D eigenvalue weighted by Crippen LogP contribution is -2.48. The van der Waals surface area contributed by atoms with E-state index < -0.39 is 12.2 Å². The number of aliphatic hydroxyl groups is 1. The van der Waals surface area contributed by atoms with Gasteiger partial charge in [-0.3, -0.25) is 4.79 Å². The Morgan fingerprint density at radius 1 is 1.21 bits per heavy atom. The Hall–Kier alpha value is -1.45. The zero-order valence-electron chi connectivity index (χ0n) is 14.9. The van der Waals surface area contributed by atoms with Crippen LogP contribution in [0.1, 0.15) is 52.0 Å². The van der Waals surface area contributed by atoms with E-state index >= 15 is 0 Å². The second-order valence-corrected chi connectivity index (χ2v) is 7.78. The van der Waals surface area contributed by atoms with Crippen LogP contribution < -0.4 is 0 Å². The summed E-state index contributed by atoms with van der Waals surface area (Å²) in [5, 5.41) is 10.5. The van der Waals surface area contributed by atoms with E-state index in [4.69, 9.17) is 4.74 Å². The number of ether oxygens (including phenoxy) is 1. The standard InChI is InChI=1S/C21H28O3/c1-14-16-10-7-11-18(22)20(17(12-19(14)23)21(16,2)3)24-13-15-8-5-4-6-9-15/h4-6,8-9,17,19-20,23H,7,10-13H2,1-3H3/t17-,19-,20+/m1/s1. The first-order chi connectivity index (χ1) is 11.4. The van der Waals surface area contributed by atoms with E-state index in [-0.39, 0.29) is 17.1 Å². The van der Waals surface area contributed by atoms with Gasteiger partial charge in [-0.25, -0.2) is 0 Å². The minimum atomic E-state index is -0.452. The normalized spacial score (nSPS) is 30.0. The van der Waals surface area contributed by atoms with Crippen LogP contribution in [0.4, 0.5) is 0 Å². The number of Topliss-reactive ketones (excluding diaryl/α,β-unsaturated/α-hetero) is 1. The van der Waals surface area contributed by atoms with Crippen molar-refractivity contribution in [1.82, 2.24) is 0 Å². The van der Waals surface area contributed by atoms with E-state index in [9.17, 15) is 9.90 Å². The predicted molar refractivity (Wildman–Crippen MR) is 94.5 cm³/mol. The number of fused-ring (bicyclic) bond motifs is 2. The second kappa shape index (κ2) is 6.81. The maximum Gasteiger partial charge on any atom is 0.161 e. The van der Waals surface area contributed by atoms with E-state index in [1.165, 1.54) is 5.57 Å². The molecule has 0 aromatic heterocycles. The molecule has 1 saturated carbocycles. The fourth-order valence-electron chi connectivity index (χ4n) is 4.44. The molecule has 0 saturated heterocycles. The molecule has 3 rings (SSSR count). The van der Waals surface area contributed by atoms with Crippen molar-refractivity contribution in [3.8, 4) is 0 Å². The number of ketones is 1. The first-order valence-corrected chi connectivity index (χ1v) is 8.97. The average Bonchev–Trinajstić information content (AvgIpc) is 2.56. The number of rotatable bonds is 3. The van der Waals surface area contributed by atoms with Crippen molar-refractivity contribution >= 4 is 5.78 Å². The lowest BCUT2D eigenvalue weighted by molar-refractivity contribution is -0.141. The number of aliphatic hydroxyl groups excluding tert-OH is 1. The summed E-state index contributed by atoms with van der Waals surface area (Å²) in [6, 6.07) is 9.98. The number of carbonyl (C=O) groups is 1. The van der Waals surface area contributed by atoms with Crippen molar-refractivity contribution in [3.63, 3.8) is 0 Å². The van der Waals surface area contributed by atoms with Crippen molar-refractivity contribution in [2.45, 2.75) is 65.3 Å². The summed E-state index contributed by atoms with van der Waals surface area (Å²) in [5.74, 6) is 0.220. The Balaban J connectivity index is 1.88. The van der Waals surface area contributed by atoms with Gasteiger partial charge in [-0.05, 0) is 42.7 Å². The molecule has 3 heteroatoms. The molecule has 2 bridgehead atoms. The van der Waals surface area contributed by atoms with Crippen LogP contribution in [-0.2, 0) is 16.1 Å². The van der Waals surface area contributed by atoms with Crippen molar-refractivity contribution in [2.24, 2.45) is 11.3 Å². The van der Waals surface area contributed by atoms with Gasteiger partial charge in [0.1, 0.15) is 6.10 Å². The molecule has 0 aliphatic heterocycles. The zero-order chi connectivity index (χ0) is 17.3. The van der Waals surface area contributed by atoms with Gasteiger partial charge in [0, 0.05) is 12.3 Å². The third kappa shape index (κ3) is 3.20. The SMILES string of the molecule is CC1=C2CCCC(=O)[C@@H](OCc3ccccc3)[C@@H](C[C@H]1O)C2(C)C. The van der Waals surface area contributed by atoms with Crippen LogP contribution in [0.25, 0.3) is 0 Å². The van der Waals surface area contributed by atoms with E-state index in [1.54, 1.807) is 0 Å². The highest BCUT2D eigenvalue weighted by Crippen LogP contribution is 2.50. The van der Waals surface area contributed by atoms with Crippen molar-refractivity contribution in [2.75, 3.05) is 0 Å². The lowest BCUT2D eigenvalue weighted by atomic mass is 9.60. The smallest absolute Gasteiger partial charge is 0.161 e. The molecule has 1 aromatic carbocycles. The van der Waals surface area contributed by atoms with Gasteiger partial charge in [0.25, 0.3) is 0 Å². The highest BCUT2D eigenvalue weighted by atomic mass is 16.5. The summed E-state index contributed by atoms with van der Waals surface area (Å²) in [7, 11) is 0. The molecule has 2 aliphatic rings. The Kier molecular flexibility index (Phi) is 4.93. The number of carbonyl (C=O) groups excluding carboxylic acids is 1. The Morgan fingerprint density at radius 3 is 2.62 bits per heavy atom. The summed E-state index contributed by atoms with van der Waals surface area (Å²) in [5.41, 5.74) is 3.40. The minimum absolute atomic E-state index is 0.0303. The molecule has 3 nitrogen and oxygen atoms in total. The van der Waals surface area contributed by atoms with E-state index in [0.717, 1.165) is 24.0 Å². The van der Waals surface area contributed by atoms with Crippen LogP contribution in [-0.4, -0.2) is 23.1 Å². The first-order valence-electron chi connectivity index (χ1n) is 8.97. The third-order valence-corrected chi connectivity index (χ3v) is 5.96. The van der Waals surface area contributed by atoms with Gasteiger partial charge in [0.2, 0.25) is 0 Å². The summed E-state index contributed by atoms with van der Waals surface area (Å²) in [6.07, 6.45) is 2.04.